The minimum Gasteiger partial charge on any atom is -0.508 e. The van der Waals surface area contributed by atoms with Crippen molar-refractivity contribution in [1.82, 2.24) is 4.90 Å². The zero-order chi connectivity index (χ0) is 17.9. The van der Waals surface area contributed by atoms with Crippen LogP contribution in [0.25, 0.3) is 10.1 Å². The number of fused-ring (bicyclic) bond motifs is 2. The number of aromatic hydroxyl groups is 1. The first-order valence-electron chi connectivity index (χ1n) is 9.75. The van der Waals surface area contributed by atoms with E-state index < -0.39 is 0 Å². The molecule has 0 spiro atoms. The second-order valence-corrected chi connectivity index (χ2v) is 8.55. The summed E-state index contributed by atoms with van der Waals surface area (Å²) in [7, 11) is 0. The third kappa shape index (κ3) is 3.79. The van der Waals surface area contributed by atoms with E-state index in [1.54, 1.807) is 0 Å². The lowest BCUT2D eigenvalue weighted by Gasteiger charge is -2.35. The minimum atomic E-state index is 0.400. The van der Waals surface area contributed by atoms with Crippen molar-refractivity contribution in [1.29, 1.82) is 0 Å². The largest absolute Gasteiger partial charge is 0.508 e. The second kappa shape index (κ2) is 7.81. The fourth-order valence-electron chi connectivity index (χ4n) is 4.21. The van der Waals surface area contributed by atoms with Gasteiger partial charge < -0.3 is 5.11 Å². The summed E-state index contributed by atoms with van der Waals surface area (Å²) in [5.41, 5.74) is 2.75. The fraction of sp³-hybridized carbons (Fsp3) is 0.391. The molecule has 1 aromatic heterocycles. The molecular weight excluding hydrogens is 338 g/mol. The van der Waals surface area contributed by atoms with E-state index in [0.717, 1.165) is 32.4 Å². The Kier molecular flexibility index (Phi) is 5.28. The molecule has 26 heavy (non-hydrogen) atoms. The zero-order valence-corrected chi connectivity index (χ0v) is 16.3. The second-order valence-electron chi connectivity index (χ2n) is 7.39. The van der Waals surface area contributed by atoms with Crippen LogP contribution in [0.1, 0.15) is 35.8 Å². The maximum Gasteiger partial charge on any atom is 0.115 e. The lowest BCUT2D eigenvalue weighted by molar-refractivity contribution is 0.182. The SMILES string of the molecule is CCCN(CCc1cc2ccccc2s1)C1CCc2ccc(O)cc2C1. The molecule has 1 aliphatic rings. The Morgan fingerprint density at radius 3 is 2.81 bits per heavy atom. The Labute approximate surface area is 160 Å². The number of phenolic OH excluding ortho intramolecular Hbond substituents is 1. The molecule has 4 rings (SSSR count). The molecule has 2 nitrogen and oxygen atoms in total. The van der Waals surface area contributed by atoms with Crippen molar-refractivity contribution >= 4 is 21.4 Å². The molecule has 1 aliphatic carbocycles. The van der Waals surface area contributed by atoms with E-state index in [-0.39, 0.29) is 0 Å². The molecule has 2 aromatic carbocycles. The van der Waals surface area contributed by atoms with Crippen LogP contribution in [-0.2, 0) is 19.3 Å². The normalized spacial score (nSPS) is 16.9. The Morgan fingerprint density at radius 2 is 1.96 bits per heavy atom. The van der Waals surface area contributed by atoms with Crippen molar-refractivity contribution in [3.8, 4) is 5.75 Å². The van der Waals surface area contributed by atoms with Gasteiger partial charge in [0.15, 0.2) is 0 Å². The smallest absolute Gasteiger partial charge is 0.115 e. The monoisotopic (exact) mass is 365 g/mol. The van der Waals surface area contributed by atoms with E-state index in [1.807, 2.05) is 23.5 Å². The van der Waals surface area contributed by atoms with Crippen LogP contribution in [0.2, 0.25) is 0 Å². The van der Waals surface area contributed by atoms with Gasteiger partial charge >= 0.3 is 0 Å². The number of phenols is 1. The third-order valence-corrected chi connectivity index (χ3v) is 6.72. The molecule has 0 saturated heterocycles. The maximum absolute atomic E-state index is 9.83. The Bertz CT molecular complexity index is 852. The number of aryl methyl sites for hydroxylation is 1. The van der Waals surface area contributed by atoms with Crippen LogP contribution in [-0.4, -0.2) is 29.1 Å². The van der Waals surface area contributed by atoms with E-state index >= 15 is 0 Å². The quantitative estimate of drug-likeness (QED) is 0.630. The molecule has 0 saturated carbocycles. The Balaban J connectivity index is 1.45. The van der Waals surface area contributed by atoms with Gasteiger partial charge in [-0.1, -0.05) is 31.2 Å². The summed E-state index contributed by atoms with van der Waals surface area (Å²) >= 11 is 1.93. The van der Waals surface area contributed by atoms with E-state index in [9.17, 15) is 5.11 Å². The molecule has 0 amide bonds. The van der Waals surface area contributed by atoms with Crippen LogP contribution in [0.3, 0.4) is 0 Å². The van der Waals surface area contributed by atoms with Crippen molar-refractivity contribution in [3.05, 3.63) is 64.5 Å². The molecule has 0 fully saturated rings. The van der Waals surface area contributed by atoms with Crippen LogP contribution in [0.5, 0.6) is 5.75 Å². The fourth-order valence-corrected chi connectivity index (χ4v) is 5.27. The molecule has 1 heterocycles. The first-order chi connectivity index (χ1) is 12.7. The molecular formula is C23H27NOS. The van der Waals surface area contributed by atoms with Gasteiger partial charge in [-0.15, -0.1) is 11.3 Å². The maximum atomic E-state index is 9.83. The first-order valence-corrected chi connectivity index (χ1v) is 10.6. The van der Waals surface area contributed by atoms with E-state index in [1.165, 1.54) is 38.9 Å². The van der Waals surface area contributed by atoms with Gasteiger partial charge in [-0.05, 0) is 79.4 Å². The number of thiophene rings is 1. The minimum absolute atomic E-state index is 0.400. The van der Waals surface area contributed by atoms with Gasteiger partial charge in [0, 0.05) is 22.2 Å². The van der Waals surface area contributed by atoms with Gasteiger partial charge in [0.2, 0.25) is 0 Å². The lowest BCUT2D eigenvalue weighted by atomic mass is 9.87. The van der Waals surface area contributed by atoms with Crippen LogP contribution < -0.4 is 0 Å². The van der Waals surface area contributed by atoms with Gasteiger partial charge in [-0.25, -0.2) is 0 Å². The highest BCUT2D eigenvalue weighted by molar-refractivity contribution is 7.19. The van der Waals surface area contributed by atoms with Gasteiger partial charge in [0.1, 0.15) is 5.75 Å². The van der Waals surface area contributed by atoms with Crippen LogP contribution in [0.15, 0.2) is 48.5 Å². The molecule has 1 unspecified atom stereocenters. The number of hydrogen-bond acceptors (Lipinski definition) is 3. The van der Waals surface area contributed by atoms with Crippen LogP contribution >= 0.6 is 11.3 Å². The molecule has 136 valence electrons. The number of nitrogens with zero attached hydrogens (tertiary/aromatic N) is 1. The van der Waals surface area contributed by atoms with Gasteiger partial charge in [-0.3, -0.25) is 4.90 Å². The highest BCUT2D eigenvalue weighted by atomic mass is 32.1. The van der Waals surface area contributed by atoms with E-state index in [0.29, 0.717) is 11.8 Å². The molecule has 0 aliphatic heterocycles. The van der Waals surface area contributed by atoms with E-state index in [2.05, 4.69) is 48.2 Å². The van der Waals surface area contributed by atoms with Crippen LogP contribution in [0, 0.1) is 0 Å². The molecule has 1 atom stereocenters. The Morgan fingerprint density at radius 1 is 1.08 bits per heavy atom. The summed E-state index contributed by atoms with van der Waals surface area (Å²) in [6.45, 7) is 4.55. The van der Waals surface area contributed by atoms with Gasteiger partial charge in [0.25, 0.3) is 0 Å². The lowest BCUT2D eigenvalue weighted by Crippen LogP contribution is -2.41. The van der Waals surface area contributed by atoms with Crippen molar-refractivity contribution < 1.29 is 5.11 Å². The molecule has 0 radical (unpaired) electrons. The molecule has 0 bridgehead atoms. The summed E-state index contributed by atoms with van der Waals surface area (Å²) in [6.07, 6.45) is 5.74. The average molecular weight is 366 g/mol. The predicted octanol–water partition coefficient (Wildman–Crippen LogP) is 5.42. The molecule has 3 aromatic rings. The first kappa shape index (κ1) is 17.6. The number of benzene rings is 2. The summed E-state index contributed by atoms with van der Waals surface area (Å²) in [6, 6.07) is 17.5. The summed E-state index contributed by atoms with van der Waals surface area (Å²) in [5.74, 6) is 0.400. The highest BCUT2D eigenvalue weighted by Crippen LogP contribution is 2.29. The standard InChI is InChI=1S/C23H27NOS/c1-2-12-24(13-11-22-16-18-5-3-4-6-23(18)26-22)20-9-7-17-8-10-21(25)15-19(17)14-20/h3-6,8,10,15-16,20,25H,2,7,9,11-14H2,1H3. The van der Waals surface area contributed by atoms with E-state index in [4.69, 9.17) is 0 Å². The van der Waals surface area contributed by atoms with Crippen molar-refractivity contribution in [2.75, 3.05) is 13.1 Å². The van der Waals surface area contributed by atoms with Gasteiger partial charge in [0.05, 0.1) is 0 Å². The van der Waals surface area contributed by atoms with Crippen LogP contribution in [0.4, 0.5) is 0 Å². The predicted molar refractivity (Wildman–Crippen MR) is 111 cm³/mol. The Hall–Kier alpha value is -1.84. The average Bonchev–Trinajstić information content (AvgIpc) is 3.07. The molecule has 1 N–H and O–H groups in total. The van der Waals surface area contributed by atoms with Crippen molar-refractivity contribution in [2.45, 2.75) is 45.1 Å². The van der Waals surface area contributed by atoms with Crippen molar-refractivity contribution in [2.24, 2.45) is 0 Å². The number of rotatable bonds is 6. The topological polar surface area (TPSA) is 23.5 Å². The highest BCUT2D eigenvalue weighted by Gasteiger charge is 2.24. The van der Waals surface area contributed by atoms with Gasteiger partial charge in [-0.2, -0.15) is 0 Å². The van der Waals surface area contributed by atoms with Crippen molar-refractivity contribution in [3.63, 3.8) is 0 Å². The summed E-state index contributed by atoms with van der Waals surface area (Å²) < 4.78 is 1.40. The zero-order valence-electron chi connectivity index (χ0n) is 15.4. The summed E-state index contributed by atoms with van der Waals surface area (Å²) in [5, 5.41) is 11.2. The number of hydrogen-bond donors (Lipinski definition) is 1. The third-order valence-electron chi connectivity index (χ3n) is 5.54. The molecule has 3 heteroatoms. The summed E-state index contributed by atoms with van der Waals surface area (Å²) in [4.78, 5) is 4.17.